The first-order valence-corrected chi connectivity index (χ1v) is 13.5. The molecule has 0 saturated carbocycles. The van der Waals surface area contributed by atoms with Crippen LogP contribution in [-0.2, 0) is 19.6 Å². The SMILES string of the molecule is O=C(Nc1cccc(S(=O)(=O)N2CCCCCC2)c1)[C@H]1CC(=O)N(c2ccc3c(c2)OCCO3)C1. The largest absolute Gasteiger partial charge is 0.486 e. The fraction of sp³-hybridized carbons (Fsp3) is 0.440. The first-order valence-electron chi connectivity index (χ1n) is 12.0. The molecule has 2 saturated heterocycles. The Balaban J connectivity index is 1.27. The number of amides is 2. The summed E-state index contributed by atoms with van der Waals surface area (Å²) in [4.78, 5) is 27.4. The molecule has 0 aromatic heterocycles. The zero-order chi connectivity index (χ0) is 24.4. The van der Waals surface area contributed by atoms with Crippen molar-refractivity contribution in [2.24, 2.45) is 5.92 Å². The van der Waals surface area contributed by atoms with Crippen LogP contribution in [0.2, 0.25) is 0 Å². The van der Waals surface area contributed by atoms with Gasteiger partial charge < -0.3 is 19.7 Å². The van der Waals surface area contributed by atoms with Gasteiger partial charge in [-0.05, 0) is 43.2 Å². The highest BCUT2D eigenvalue weighted by molar-refractivity contribution is 7.89. The van der Waals surface area contributed by atoms with Crippen LogP contribution in [-0.4, -0.2) is 57.4 Å². The van der Waals surface area contributed by atoms with Crippen LogP contribution in [0.1, 0.15) is 32.1 Å². The highest BCUT2D eigenvalue weighted by Gasteiger charge is 2.36. The minimum Gasteiger partial charge on any atom is -0.486 e. The zero-order valence-corrected chi connectivity index (χ0v) is 20.3. The minimum absolute atomic E-state index is 0.0754. The number of nitrogens with one attached hydrogen (secondary N) is 1. The molecular formula is C25H29N3O6S. The molecule has 0 aliphatic carbocycles. The van der Waals surface area contributed by atoms with Gasteiger partial charge in [-0.25, -0.2) is 8.42 Å². The van der Waals surface area contributed by atoms with Crippen LogP contribution >= 0.6 is 0 Å². The lowest BCUT2D eigenvalue weighted by atomic mass is 10.1. The van der Waals surface area contributed by atoms with Gasteiger partial charge in [0.1, 0.15) is 13.2 Å². The van der Waals surface area contributed by atoms with Crippen LogP contribution in [0.3, 0.4) is 0 Å². The summed E-state index contributed by atoms with van der Waals surface area (Å²) in [6.07, 6.45) is 3.85. The Bertz CT molecular complexity index is 1220. The molecule has 186 valence electrons. The first-order chi connectivity index (χ1) is 16.9. The molecule has 1 atom stereocenters. The van der Waals surface area contributed by atoms with Crippen molar-refractivity contribution in [2.45, 2.75) is 37.0 Å². The average Bonchev–Trinajstić information content (AvgIpc) is 3.06. The van der Waals surface area contributed by atoms with Gasteiger partial charge >= 0.3 is 0 Å². The van der Waals surface area contributed by atoms with E-state index in [0.29, 0.717) is 49.2 Å². The number of rotatable bonds is 5. The maximum Gasteiger partial charge on any atom is 0.243 e. The molecule has 2 amide bonds. The van der Waals surface area contributed by atoms with Crippen molar-refractivity contribution in [3.05, 3.63) is 42.5 Å². The quantitative estimate of drug-likeness (QED) is 0.678. The third kappa shape index (κ3) is 4.99. The number of carbonyl (C=O) groups excluding carboxylic acids is 2. The molecule has 2 aromatic rings. The molecule has 2 fully saturated rings. The van der Waals surface area contributed by atoms with Gasteiger partial charge in [-0.1, -0.05) is 18.9 Å². The molecule has 35 heavy (non-hydrogen) atoms. The number of ether oxygens (including phenoxy) is 2. The normalized spacial score (nSPS) is 21.0. The number of benzene rings is 2. The second kappa shape index (κ2) is 9.87. The fourth-order valence-corrected chi connectivity index (χ4v) is 6.31. The van der Waals surface area contributed by atoms with Crippen LogP contribution in [0.25, 0.3) is 0 Å². The Morgan fingerprint density at radius 3 is 2.46 bits per heavy atom. The summed E-state index contributed by atoms with van der Waals surface area (Å²) in [6, 6.07) is 11.6. The molecule has 3 heterocycles. The number of hydrogen-bond donors (Lipinski definition) is 1. The molecule has 1 N–H and O–H groups in total. The first kappa shape index (κ1) is 23.6. The Labute approximate surface area is 205 Å². The molecule has 10 heteroatoms. The van der Waals surface area contributed by atoms with Crippen LogP contribution in [0.15, 0.2) is 47.4 Å². The minimum atomic E-state index is -3.63. The van der Waals surface area contributed by atoms with Crippen molar-refractivity contribution in [1.82, 2.24) is 4.31 Å². The summed E-state index contributed by atoms with van der Waals surface area (Å²) in [6.45, 7) is 2.19. The topological polar surface area (TPSA) is 105 Å². The number of sulfonamides is 1. The maximum atomic E-state index is 13.1. The van der Waals surface area contributed by atoms with E-state index < -0.39 is 15.9 Å². The monoisotopic (exact) mass is 499 g/mol. The summed E-state index contributed by atoms with van der Waals surface area (Å²) in [7, 11) is -3.63. The highest BCUT2D eigenvalue weighted by atomic mass is 32.2. The van der Waals surface area contributed by atoms with Gasteiger partial charge in [0.25, 0.3) is 0 Å². The maximum absolute atomic E-state index is 13.1. The van der Waals surface area contributed by atoms with Crippen molar-refractivity contribution < 1.29 is 27.5 Å². The van der Waals surface area contributed by atoms with Crippen LogP contribution in [0.4, 0.5) is 11.4 Å². The molecule has 0 bridgehead atoms. The second-order valence-electron chi connectivity index (χ2n) is 9.07. The zero-order valence-electron chi connectivity index (χ0n) is 19.4. The van der Waals surface area contributed by atoms with Crippen molar-refractivity contribution in [3.8, 4) is 11.5 Å². The van der Waals surface area contributed by atoms with Crippen LogP contribution in [0.5, 0.6) is 11.5 Å². The third-order valence-corrected chi connectivity index (χ3v) is 8.53. The van der Waals surface area contributed by atoms with Gasteiger partial charge in [-0.3, -0.25) is 9.59 Å². The summed E-state index contributed by atoms with van der Waals surface area (Å²) in [5.74, 6) is 0.191. The smallest absolute Gasteiger partial charge is 0.243 e. The number of nitrogens with zero attached hydrogens (tertiary/aromatic N) is 2. The summed E-state index contributed by atoms with van der Waals surface area (Å²) < 4.78 is 38.9. The Kier molecular flexibility index (Phi) is 6.66. The number of hydrogen-bond acceptors (Lipinski definition) is 6. The molecule has 2 aromatic carbocycles. The lowest BCUT2D eigenvalue weighted by Crippen LogP contribution is -2.32. The Morgan fingerprint density at radius 2 is 1.69 bits per heavy atom. The highest BCUT2D eigenvalue weighted by Crippen LogP contribution is 2.36. The molecule has 3 aliphatic heterocycles. The van der Waals surface area contributed by atoms with E-state index >= 15 is 0 Å². The van der Waals surface area contributed by atoms with E-state index in [4.69, 9.17) is 9.47 Å². The predicted octanol–water partition coefficient (Wildman–Crippen LogP) is 3.01. The summed E-state index contributed by atoms with van der Waals surface area (Å²) >= 11 is 0. The van der Waals surface area contributed by atoms with E-state index in [1.807, 2.05) is 0 Å². The Morgan fingerprint density at radius 1 is 0.943 bits per heavy atom. The predicted molar refractivity (Wildman–Crippen MR) is 130 cm³/mol. The summed E-state index contributed by atoms with van der Waals surface area (Å²) in [5.41, 5.74) is 1.05. The molecule has 9 nitrogen and oxygen atoms in total. The lowest BCUT2D eigenvalue weighted by Gasteiger charge is -2.22. The van der Waals surface area contributed by atoms with Crippen molar-refractivity contribution >= 4 is 33.2 Å². The van der Waals surface area contributed by atoms with E-state index in [9.17, 15) is 18.0 Å². The van der Waals surface area contributed by atoms with Gasteiger partial charge in [-0.15, -0.1) is 0 Å². The van der Waals surface area contributed by atoms with Gasteiger partial charge in [0.05, 0.1) is 10.8 Å². The van der Waals surface area contributed by atoms with Crippen LogP contribution in [0, 0.1) is 5.92 Å². The van der Waals surface area contributed by atoms with Gasteiger partial charge in [0.2, 0.25) is 21.8 Å². The number of anilines is 2. The fourth-order valence-electron chi connectivity index (χ4n) is 4.74. The standard InChI is InChI=1S/C25H29N3O6S/c29-24-14-18(17-28(24)20-8-9-22-23(16-20)34-13-12-33-22)25(30)26-19-6-5-7-21(15-19)35(31,32)27-10-3-1-2-4-11-27/h5-9,15-16,18H,1-4,10-14,17H2,(H,26,30)/t18-/m0/s1. The van der Waals surface area contributed by atoms with E-state index in [-0.39, 0.29) is 29.7 Å². The van der Waals surface area contributed by atoms with Gasteiger partial charge in [0, 0.05) is 43.5 Å². The van der Waals surface area contributed by atoms with E-state index in [1.54, 1.807) is 41.3 Å². The third-order valence-electron chi connectivity index (χ3n) is 6.64. The average molecular weight is 500 g/mol. The van der Waals surface area contributed by atoms with Gasteiger partial charge in [-0.2, -0.15) is 4.31 Å². The number of fused-ring (bicyclic) bond motifs is 1. The molecule has 0 spiro atoms. The molecule has 5 rings (SSSR count). The summed E-state index contributed by atoms with van der Waals surface area (Å²) in [5, 5.41) is 2.81. The van der Waals surface area contributed by atoms with Crippen molar-refractivity contribution in [2.75, 3.05) is 43.1 Å². The Hall–Kier alpha value is -3.11. The molecule has 3 aliphatic rings. The van der Waals surface area contributed by atoms with Crippen molar-refractivity contribution in [1.29, 1.82) is 0 Å². The molecule has 0 radical (unpaired) electrons. The molecular weight excluding hydrogens is 470 g/mol. The van der Waals surface area contributed by atoms with E-state index in [0.717, 1.165) is 25.7 Å². The lowest BCUT2D eigenvalue weighted by molar-refractivity contribution is -0.122. The van der Waals surface area contributed by atoms with E-state index in [2.05, 4.69) is 5.32 Å². The molecule has 0 unspecified atom stereocenters. The van der Waals surface area contributed by atoms with E-state index in [1.165, 1.54) is 10.4 Å². The van der Waals surface area contributed by atoms with Crippen molar-refractivity contribution in [3.63, 3.8) is 0 Å². The second-order valence-corrected chi connectivity index (χ2v) is 11.0. The van der Waals surface area contributed by atoms with Crippen LogP contribution < -0.4 is 19.7 Å². The van der Waals surface area contributed by atoms with Gasteiger partial charge in [0.15, 0.2) is 11.5 Å². The number of carbonyl (C=O) groups is 2.